The lowest BCUT2D eigenvalue weighted by molar-refractivity contribution is 0.245. The molecule has 0 amide bonds. The number of hydrogen-bond acceptors (Lipinski definition) is 3. The first-order valence-electron chi connectivity index (χ1n) is 9.23. The topological polar surface area (TPSA) is 57.1 Å². The molecule has 0 aliphatic rings. The van der Waals surface area contributed by atoms with Crippen LogP contribution in [0.1, 0.15) is 39.2 Å². The number of halogens is 1. The third-order valence-electron chi connectivity index (χ3n) is 4.14. The average molecular weight is 477 g/mol. The number of para-hydroxylation sites is 1. The third kappa shape index (κ3) is 9.07. The molecule has 1 rings (SSSR count). The number of rotatable bonds is 10. The van der Waals surface area contributed by atoms with Gasteiger partial charge < -0.3 is 20.1 Å². The second kappa shape index (κ2) is 14.1. The van der Waals surface area contributed by atoms with Crippen LogP contribution in [0.15, 0.2) is 29.3 Å². The molecule has 0 spiro atoms. The predicted octanol–water partition coefficient (Wildman–Crippen LogP) is 3.76. The number of guanidine groups is 1. The van der Waals surface area contributed by atoms with E-state index in [1.807, 2.05) is 25.2 Å². The number of methoxy groups -OCH3 is 1. The van der Waals surface area contributed by atoms with E-state index in [4.69, 9.17) is 9.73 Å². The summed E-state index contributed by atoms with van der Waals surface area (Å²) in [6.45, 7) is 9.01. The standard InChI is InChI=1S/C20H35N3O2.HI/c1-6-21-20(22-14-17(11-12-24)13-16(2)3)23(4)15-18-9-7-8-10-19(18)25-5;/h7-10,16-17,24H,6,11-15H2,1-5H3,(H,21,22);1H. The Hall–Kier alpha value is -1.02. The van der Waals surface area contributed by atoms with Gasteiger partial charge >= 0.3 is 0 Å². The van der Waals surface area contributed by atoms with Gasteiger partial charge in [-0.15, -0.1) is 24.0 Å². The van der Waals surface area contributed by atoms with Crippen LogP contribution in [0.5, 0.6) is 5.75 Å². The Labute approximate surface area is 176 Å². The third-order valence-corrected chi connectivity index (χ3v) is 4.14. The molecule has 26 heavy (non-hydrogen) atoms. The summed E-state index contributed by atoms with van der Waals surface area (Å²) in [5, 5.41) is 12.7. The number of aliphatic hydroxyl groups is 1. The van der Waals surface area contributed by atoms with Crippen molar-refractivity contribution in [2.24, 2.45) is 16.8 Å². The smallest absolute Gasteiger partial charge is 0.193 e. The average Bonchev–Trinajstić information content (AvgIpc) is 2.58. The minimum Gasteiger partial charge on any atom is -0.496 e. The van der Waals surface area contributed by atoms with E-state index in [0.717, 1.165) is 49.7 Å². The Morgan fingerprint density at radius 1 is 1.31 bits per heavy atom. The second-order valence-electron chi connectivity index (χ2n) is 6.87. The fraction of sp³-hybridized carbons (Fsp3) is 0.650. The van der Waals surface area contributed by atoms with E-state index in [2.05, 4.69) is 37.1 Å². The molecular weight excluding hydrogens is 441 g/mol. The molecule has 0 saturated carbocycles. The predicted molar refractivity (Wildman–Crippen MR) is 121 cm³/mol. The summed E-state index contributed by atoms with van der Waals surface area (Å²) >= 11 is 0. The van der Waals surface area contributed by atoms with E-state index < -0.39 is 0 Å². The molecule has 0 aromatic heterocycles. The zero-order chi connectivity index (χ0) is 18.7. The number of aliphatic imine (C=N–C) groups is 1. The molecule has 1 unspecified atom stereocenters. The minimum atomic E-state index is 0. The monoisotopic (exact) mass is 477 g/mol. The Bertz CT molecular complexity index is 524. The van der Waals surface area contributed by atoms with Crippen molar-refractivity contribution in [3.63, 3.8) is 0 Å². The largest absolute Gasteiger partial charge is 0.496 e. The molecule has 1 atom stereocenters. The Kier molecular flexibility index (Phi) is 13.5. The first-order valence-corrected chi connectivity index (χ1v) is 9.23. The van der Waals surface area contributed by atoms with E-state index in [0.29, 0.717) is 11.8 Å². The van der Waals surface area contributed by atoms with Gasteiger partial charge in [-0.3, -0.25) is 4.99 Å². The first kappa shape index (κ1) is 25.0. The molecule has 0 bridgehead atoms. The van der Waals surface area contributed by atoms with Gasteiger partial charge in [-0.1, -0.05) is 32.0 Å². The van der Waals surface area contributed by atoms with Gasteiger partial charge in [0.25, 0.3) is 0 Å². The minimum absolute atomic E-state index is 0. The fourth-order valence-electron chi connectivity index (χ4n) is 2.98. The van der Waals surface area contributed by atoms with Gasteiger partial charge in [0.15, 0.2) is 5.96 Å². The van der Waals surface area contributed by atoms with Crippen molar-refractivity contribution in [3.8, 4) is 5.75 Å². The van der Waals surface area contributed by atoms with E-state index in [1.165, 1.54) is 0 Å². The van der Waals surface area contributed by atoms with Crippen molar-refractivity contribution in [2.45, 2.75) is 40.2 Å². The van der Waals surface area contributed by atoms with Gasteiger partial charge in [0.2, 0.25) is 0 Å². The van der Waals surface area contributed by atoms with Gasteiger partial charge in [0, 0.05) is 38.9 Å². The molecule has 0 radical (unpaired) electrons. The molecule has 1 aromatic carbocycles. The highest BCUT2D eigenvalue weighted by molar-refractivity contribution is 14.0. The van der Waals surface area contributed by atoms with Crippen LogP contribution in [0.25, 0.3) is 0 Å². The van der Waals surface area contributed by atoms with Crippen molar-refractivity contribution in [1.82, 2.24) is 10.2 Å². The molecule has 1 aromatic rings. The van der Waals surface area contributed by atoms with E-state index in [9.17, 15) is 5.11 Å². The van der Waals surface area contributed by atoms with Gasteiger partial charge in [0.05, 0.1) is 7.11 Å². The van der Waals surface area contributed by atoms with Crippen molar-refractivity contribution in [3.05, 3.63) is 29.8 Å². The first-order chi connectivity index (χ1) is 12.0. The molecule has 0 heterocycles. The molecule has 0 saturated heterocycles. The molecule has 150 valence electrons. The number of hydrogen-bond donors (Lipinski definition) is 2. The lowest BCUT2D eigenvalue weighted by Gasteiger charge is -2.24. The van der Waals surface area contributed by atoms with Crippen LogP contribution in [0.2, 0.25) is 0 Å². The number of ether oxygens (including phenoxy) is 1. The summed E-state index contributed by atoms with van der Waals surface area (Å²) in [7, 11) is 3.74. The molecular formula is C20H36IN3O2. The van der Waals surface area contributed by atoms with Crippen LogP contribution >= 0.6 is 24.0 Å². The molecule has 6 heteroatoms. The fourth-order valence-corrected chi connectivity index (χ4v) is 2.98. The summed E-state index contributed by atoms with van der Waals surface area (Å²) in [6, 6.07) is 8.06. The maximum absolute atomic E-state index is 9.29. The quantitative estimate of drug-likeness (QED) is 0.306. The van der Waals surface area contributed by atoms with Crippen molar-refractivity contribution in [1.29, 1.82) is 0 Å². The summed E-state index contributed by atoms with van der Waals surface area (Å²) in [5.74, 6) is 2.81. The summed E-state index contributed by atoms with van der Waals surface area (Å²) in [4.78, 5) is 6.93. The van der Waals surface area contributed by atoms with Crippen LogP contribution < -0.4 is 10.1 Å². The molecule has 0 aliphatic heterocycles. The Balaban J connectivity index is 0.00000625. The Morgan fingerprint density at radius 3 is 2.58 bits per heavy atom. The maximum atomic E-state index is 9.29. The zero-order valence-corrected chi connectivity index (χ0v) is 19.2. The number of benzene rings is 1. The molecule has 2 N–H and O–H groups in total. The van der Waals surface area contributed by atoms with Crippen LogP contribution in [0, 0.1) is 11.8 Å². The number of aliphatic hydroxyl groups excluding tert-OH is 1. The summed E-state index contributed by atoms with van der Waals surface area (Å²) in [5.41, 5.74) is 1.13. The van der Waals surface area contributed by atoms with Gasteiger partial charge in [0.1, 0.15) is 5.75 Å². The number of nitrogens with zero attached hydrogens (tertiary/aromatic N) is 2. The van der Waals surface area contributed by atoms with Crippen molar-refractivity contribution in [2.75, 3.05) is 33.9 Å². The summed E-state index contributed by atoms with van der Waals surface area (Å²) in [6.07, 6.45) is 1.89. The summed E-state index contributed by atoms with van der Waals surface area (Å²) < 4.78 is 5.45. The highest BCUT2D eigenvalue weighted by Gasteiger charge is 2.13. The highest BCUT2D eigenvalue weighted by Crippen LogP contribution is 2.19. The molecule has 0 fully saturated rings. The van der Waals surface area contributed by atoms with Gasteiger partial charge in [-0.25, -0.2) is 0 Å². The van der Waals surface area contributed by atoms with Crippen molar-refractivity contribution >= 4 is 29.9 Å². The van der Waals surface area contributed by atoms with Crippen molar-refractivity contribution < 1.29 is 9.84 Å². The van der Waals surface area contributed by atoms with E-state index in [1.54, 1.807) is 7.11 Å². The second-order valence-corrected chi connectivity index (χ2v) is 6.87. The zero-order valence-electron chi connectivity index (χ0n) is 16.9. The van der Waals surface area contributed by atoms with E-state index in [-0.39, 0.29) is 30.6 Å². The van der Waals surface area contributed by atoms with E-state index >= 15 is 0 Å². The maximum Gasteiger partial charge on any atom is 0.193 e. The molecule has 0 aliphatic carbocycles. The van der Waals surface area contributed by atoms with Crippen LogP contribution in [0.4, 0.5) is 0 Å². The lowest BCUT2D eigenvalue weighted by Crippen LogP contribution is -2.39. The highest BCUT2D eigenvalue weighted by atomic mass is 127. The van der Waals surface area contributed by atoms with Gasteiger partial charge in [-0.05, 0) is 37.7 Å². The normalized spacial score (nSPS) is 12.5. The van der Waals surface area contributed by atoms with Crippen LogP contribution in [0.3, 0.4) is 0 Å². The molecule has 5 nitrogen and oxygen atoms in total. The van der Waals surface area contributed by atoms with Gasteiger partial charge in [-0.2, -0.15) is 0 Å². The van der Waals surface area contributed by atoms with Crippen LogP contribution in [-0.4, -0.2) is 49.8 Å². The SMILES string of the molecule is CCNC(=NCC(CCO)CC(C)C)N(C)Cc1ccccc1OC.I. The Morgan fingerprint density at radius 2 is 2.00 bits per heavy atom. The van der Waals surface area contributed by atoms with Crippen LogP contribution in [-0.2, 0) is 6.54 Å². The lowest BCUT2D eigenvalue weighted by atomic mass is 9.94. The number of nitrogens with one attached hydrogen (secondary N) is 1.